The summed E-state index contributed by atoms with van der Waals surface area (Å²) in [6, 6.07) is 4.25. The lowest BCUT2D eigenvalue weighted by Crippen LogP contribution is -2.31. The zero-order chi connectivity index (χ0) is 14.2. The first kappa shape index (κ1) is 13.3. The molecule has 2 heterocycles. The van der Waals surface area contributed by atoms with Crippen molar-refractivity contribution in [3.8, 4) is 0 Å². The molecule has 1 saturated heterocycles. The van der Waals surface area contributed by atoms with E-state index in [9.17, 15) is 13.2 Å². The van der Waals surface area contributed by atoms with Crippen molar-refractivity contribution in [3.63, 3.8) is 0 Å². The van der Waals surface area contributed by atoms with E-state index in [1.165, 1.54) is 18.2 Å². The molecule has 1 aromatic carbocycles. The Kier molecular flexibility index (Phi) is 3.36. The second-order valence-corrected chi connectivity index (χ2v) is 6.43. The van der Waals surface area contributed by atoms with Crippen LogP contribution in [-0.4, -0.2) is 32.7 Å². The van der Waals surface area contributed by atoms with Crippen molar-refractivity contribution >= 4 is 21.1 Å². The molecule has 0 spiro atoms. The van der Waals surface area contributed by atoms with E-state index in [1.54, 1.807) is 0 Å². The summed E-state index contributed by atoms with van der Waals surface area (Å²) in [6.07, 6.45) is 1.74. The van der Waals surface area contributed by atoms with Crippen LogP contribution in [0.25, 0.3) is 11.1 Å². The lowest BCUT2D eigenvalue weighted by Gasteiger charge is -2.11. The molecule has 108 valence electrons. The third-order valence-electron chi connectivity index (χ3n) is 3.23. The van der Waals surface area contributed by atoms with Gasteiger partial charge in [0.2, 0.25) is 10.0 Å². The standard InChI is InChI=1S/C12H14N2O5S/c15-12-14-10-4-3-9(6-11(10)19-12)20(16,17)13-7-8-2-1-5-18-8/h3-4,6,8,13H,1-2,5,7H2,(H,14,15)/t8-/m1/s1. The number of aromatic amines is 1. The van der Waals surface area contributed by atoms with Gasteiger partial charge in [-0.25, -0.2) is 17.9 Å². The van der Waals surface area contributed by atoms with Gasteiger partial charge in [-0.2, -0.15) is 0 Å². The molecule has 2 aromatic rings. The molecule has 1 atom stereocenters. The van der Waals surface area contributed by atoms with Gasteiger partial charge in [0.1, 0.15) is 0 Å². The van der Waals surface area contributed by atoms with Crippen LogP contribution < -0.4 is 10.5 Å². The summed E-state index contributed by atoms with van der Waals surface area (Å²) < 4.78 is 37.0. The number of hydrogen-bond acceptors (Lipinski definition) is 5. The van der Waals surface area contributed by atoms with Crippen molar-refractivity contribution in [1.82, 2.24) is 9.71 Å². The average Bonchev–Trinajstić information content (AvgIpc) is 3.03. The normalized spacial score (nSPS) is 19.7. The highest BCUT2D eigenvalue weighted by molar-refractivity contribution is 7.89. The van der Waals surface area contributed by atoms with Gasteiger partial charge in [0, 0.05) is 19.2 Å². The number of rotatable bonds is 4. The van der Waals surface area contributed by atoms with E-state index in [2.05, 4.69) is 9.71 Å². The van der Waals surface area contributed by atoms with Crippen LogP contribution in [0.15, 0.2) is 32.3 Å². The SMILES string of the molecule is O=c1[nH]c2ccc(S(=O)(=O)NC[C@H]3CCCO3)cc2o1. The molecule has 8 heteroatoms. The van der Waals surface area contributed by atoms with Crippen LogP contribution in [0.3, 0.4) is 0 Å². The average molecular weight is 298 g/mol. The van der Waals surface area contributed by atoms with E-state index in [0.29, 0.717) is 12.1 Å². The Hall–Kier alpha value is -1.64. The predicted molar refractivity (Wildman–Crippen MR) is 71.0 cm³/mol. The number of nitrogens with one attached hydrogen (secondary N) is 2. The van der Waals surface area contributed by atoms with E-state index >= 15 is 0 Å². The first-order valence-electron chi connectivity index (χ1n) is 6.29. The number of H-pyrrole nitrogens is 1. The molecule has 7 nitrogen and oxygen atoms in total. The maximum atomic E-state index is 12.1. The van der Waals surface area contributed by atoms with Crippen LogP contribution >= 0.6 is 0 Å². The van der Waals surface area contributed by atoms with Crippen LogP contribution in [-0.2, 0) is 14.8 Å². The molecule has 0 radical (unpaired) electrons. The van der Waals surface area contributed by atoms with Crippen LogP contribution in [0.5, 0.6) is 0 Å². The van der Waals surface area contributed by atoms with E-state index < -0.39 is 15.8 Å². The molecule has 1 aromatic heterocycles. The monoisotopic (exact) mass is 298 g/mol. The Morgan fingerprint density at radius 3 is 3.00 bits per heavy atom. The first-order valence-corrected chi connectivity index (χ1v) is 7.77. The lowest BCUT2D eigenvalue weighted by atomic mass is 10.2. The second kappa shape index (κ2) is 5.04. The molecule has 0 unspecified atom stereocenters. The second-order valence-electron chi connectivity index (χ2n) is 4.66. The lowest BCUT2D eigenvalue weighted by molar-refractivity contribution is 0.114. The summed E-state index contributed by atoms with van der Waals surface area (Å²) in [5.41, 5.74) is 0.683. The molecule has 0 aliphatic carbocycles. The van der Waals surface area contributed by atoms with E-state index in [0.717, 1.165) is 12.8 Å². The first-order chi connectivity index (χ1) is 9.54. The van der Waals surface area contributed by atoms with E-state index in [-0.39, 0.29) is 23.1 Å². The minimum atomic E-state index is -3.64. The minimum absolute atomic E-state index is 0.0609. The predicted octanol–water partition coefficient (Wildman–Crippen LogP) is 0.578. The summed E-state index contributed by atoms with van der Waals surface area (Å²) in [5, 5.41) is 0. The van der Waals surface area contributed by atoms with Crippen LogP contribution in [0.2, 0.25) is 0 Å². The number of benzene rings is 1. The number of fused-ring (bicyclic) bond motifs is 1. The molecule has 1 aliphatic heterocycles. The number of aromatic nitrogens is 1. The smallest absolute Gasteiger partial charge is 0.408 e. The molecule has 0 saturated carbocycles. The number of oxazole rings is 1. The van der Waals surface area contributed by atoms with Gasteiger partial charge in [-0.1, -0.05) is 0 Å². The van der Waals surface area contributed by atoms with Crippen molar-refractivity contribution in [2.45, 2.75) is 23.8 Å². The van der Waals surface area contributed by atoms with Crippen LogP contribution in [0.4, 0.5) is 0 Å². The summed E-state index contributed by atoms with van der Waals surface area (Å²) in [4.78, 5) is 13.6. The van der Waals surface area contributed by atoms with Gasteiger partial charge >= 0.3 is 5.76 Å². The quantitative estimate of drug-likeness (QED) is 0.859. The highest BCUT2D eigenvalue weighted by Gasteiger charge is 2.20. The Morgan fingerprint density at radius 2 is 2.25 bits per heavy atom. The highest BCUT2D eigenvalue weighted by atomic mass is 32.2. The molecule has 2 N–H and O–H groups in total. The Morgan fingerprint density at radius 1 is 1.40 bits per heavy atom. The molecular weight excluding hydrogens is 284 g/mol. The third kappa shape index (κ3) is 2.62. The molecule has 3 rings (SSSR count). The summed E-state index contributed by atoms with van der Waals surface area (Å²) in [5.74, 6) is -0.609. The Labute approximate surface area is 115 Å². The number of ether oxygens (including phenoxy) is 1. The van der Waals surface area contributed by atoms with Crippen LogP contribution in [0.1, 0.15) is 12.8 Å². The van der Waals surface area contributed by atoms with Gasteiger partial charge in [0.25, 0.3) is 0 Å². The van der Waals surface area contributed by atoms with Gasteiger partial charge in [-0.15, -0.1) is 0 Å². The number of sulfonamides is 1. The molecule has 20 heavy (non-hydrogen) atoms. The molecule has 1 aliphatic rings. The van der Waals surface area contributed by atoms with Crippen molar-refractivity contribution in [1.29, 1.82) is 0 Å². The summed E-state index contributed by atoms with van der Waals surface area (Å²) in [6.45, 7) is 0.921. The molecule has 0 bridgehead atoms. The molecule has 0 amide bonds. The van der Waals surface area contributed by atoms with Crippen LogP contribution in [0, 0.1) is 0 Å². The van der Waals surface area contributed by atoms with Gasteiger partial charge in [-0.3, -0.25) is 4.98 Å². The van der Waals surface area contributed by atoms with Gasteiger partial charge in [0.05, 0.1) is 16.5 Å². The largest absolute Gasteiger partial charge is 0.417 e. The van der Waals surface area contributed by atoms with Crippen molar-refractivity contribution in [2.24, 2.45) is 0 Å². The van der Waals surface area contributed by atoms with Gasteiger partial charge < -0.3 is 9.15 Å². The van der Waals surface area contributed by atoms with E-state index in [4.69, 9.17) is 9.15 Å². The number of hydrogen-bond donors (Lipinski definition) is 2. The maximum Gasteiger partial charge on any atom is 0.417 e. The Balaban J connectivity index is 1.82. The fourth-order valence-corrected chi connectivity index (χ4v) is 3.27. The maximum absolute atomic E-state index is 12.1. The topological polar surface area (TPSA) is 101 Å². The van der Waals surface area contributed by atoms with Crippen molar-refractivity contribution in [2.75, 3.05) is 13.2 Å². The molecule has 1 fully saturated rings. The van der Waals surface area contributed by atoms with Crippen molar-refractivity contribution in [3.05, 3.63) is 28.7 Å². The zero-order valence-corrected chi connectivity index (χ0v) is 11.4. The van der Waals surface area contributed by atoms with Gasteiger partial charge in [0.15, 0.2) is 5.58 Å². The van der Waals surface area contributed by atoms with Crippen molar-refractivity contribution < 1.29 is 17.6 Å². The zero-order valence-electron chi connectivity index (χ0n) is 10.6. The fourth-order valence-electron chi connectivity index (χ4n) is 2.18. The fraction of sp³-hybridized carbons (Fsp3) is 0.417. The summed E-state index contributed by atoms with van der Waals surface area (Å²) in [7, 11) is -3.64. The van der Waals surface area contributed by atoms with E-state index in [1.807, 2.05) is 0 Å². The Bertz CT molecular complexity index is 770. The highest BCUT2D eigenvalue weighted by Crippen LogP contribution is 2.17. The summed E-state index contributed by atoms with van der Waals surface area (Å²) >= 11 is 0. The minimum Gasteiger partial charge on any atom is -0.408 e. The molecular formula is C12H14N2O5S. The third-order valence-corrected chi connectivity index (χ3v) is 4.65. The van der Waals surface area contributed by atoms with Gasteiger partial charge in [-0.05, 0) is 25.0 Å².